The summed E-state index contributed by atoms with van der Waals surface area (Å²) in [5, 5.41) is 2.93. The number of rotatable bonds is 5. The fourth-order valence-electron chi connectivity index (χ4n) is 2.47. The first-order valence-corrected chi connectivity index (χ1v) is 7.36. The second-order valence-corrected chi connectivity index (χ2v) is 5.17. The molecule has 1 aromatic carbocycles. The molecule has 0 saturated heterocycles. The van der Waals surface area contributed by atoms with E-state index in [1.54, 1.807) is 0 Å². The molecule has 1 aromatic rings. The molecule has 108 valence electrons. The number of anilines is 1. The molecule has 0 unspecified atom stereocenters. The lowest BCUT2D eigenvalue weighted by atomic mass is 10.1. The molecule has 1 N–H and O–H groups in total. The van der Waals surface area contributed by atoms with E-state index in [9.17, 15) is 9.59 Å². The second-order valence-electron chi connectivity index (χ2n) is 5.17. The fraction of sp³-hybridized carbons (Fsp3) is 0.500. The van der Waals surface area contributed by atoms with Gasteiger partial charge in [0.1, 0.15) is 0 Å². The van der Waals surface area contributed by atoms with Crippen molar-refractivity contribution in [3.05, 3.63) is 29.8 Å². The van der Waals surface area contributed by atoms with E-state index in [1.807, 2.05) is 29.2 Å². The predicted molar refractivity (Wildman–Crippen MR) is 80.1 cm³/mol. The third kappa shape index (κ3) is 3.59. The molecule has 0 aromatic heterocycles. The highest BCUT2D eigenvalue weighted by Crippen LogP contribution is 2.25. The number of hydrogen-bond donors (Lipinski definition) is 1. The van der Waals surface area contributed by atoms with Gasteiger partial charge in [0.2, 0.25) is 5.91 Å². The number of nitrogens with zero attached hydrogens (tertiary/aromatic N) is 1. The maximum absolute atomic E-state index is 12.0. The number of fused-ring (bicyclic) bond motifs is 1. The van der Waals surface area contributed by atoms with E-state index in [0.717, 1.165) is 43.6 Å². The van der Waals surface area contributed by atoms with Gasteiger partial charge in [-0.15, -0.1) is 0 Å². The highest BCUT2D eigenvalue weighted by atomic mass is 16.2. The Labute approximate surface area is 120 Å². The normalized spacial score (nSPS) is 14.7. The molecule has 1 aliphatic rings. The summed E-state index contributed by atoms with van der Waals surface area (Å²) in [6, 6.07) is 7.57. The van der Waals surface area contributed by atoms with Gasteiger partial charge in [-0.05, 0) is 25.0 Å². The second kappa shape index (κ2) is 7.08. The Morgan fingerprint density at radius 2 is 2.15 bits per heavy atom. The van der Waals surface area contributed by atoms with Gasteiger partial charge in [0.25, 0.3) is 0 Å². The summed E-state index contributed by atoms with van der Waals surface area (Å²) in [7, 11) is 0. The van der Waals surface area contributed by atoms with Gasteiger partial charge in [-0.1, -0.05) is 25.5 Å². The number of benzene rings is 1. The van der Waals surface area contributed by atoms with E-state index >= 15 is 0 Å². The number of amides is 1. The van der Waals surface area contributed by atoms with Gasteiger partial charge in [0, 0.05) is 30.8 Å². The number of ketones is 1. The van der Waals surface area contributed by atoms with Crippen LogP contribution in [0.4, 0.5) is 5.69 Å². The smallest absolute Gasteiger partial charge is 0.239 e. The van der Waals surface area contributed by atoms with Crippen LogP contribution in [0.2, 0.25) is 0 Å². The summed E-state index contributed by atoms with van der Waals surface area (Å²) >= 11 is 0. The zero-order valence-corrected chi connectivity index (χ0v) is 12.0. The van der Waals surface area contributed by atoms with Crippen LogP contribution in [0, 0.1) is 0 Å². The Morgan fingerprint density at radius 1 is 1.35 bits per heavy atom. The van der Waals surface area contributed by atoms with Gasteiger partial charge in [0.15, 0.2) is 5.78 Å². The molecule has 0 bridgehead atoms. The van der Waals surface area contributed by atoms with Crippen molar-refractivity contribution in [1.82, 2.24) is 5.32 Å². The lowest BCUT2D eigenvalue weighted by molar-refractivity contribution is -0.119. The molecule has 1 aliphatic heterocycles. The quantitative estimate of drug-likeness (QED) is 0.839. The first-order valence-electron chi connectivity index (χ1n) is 7.36. The van der Waals surface area contributed by atoms with Crippen molar-refractivity contribution >= 4 is 17.4 Å². The summed E-state index contributed by atoms with van der Waals surface area (Å²) in [5.41, 5.74) is 1.63. The van der Waals surface area contributed by atoms with Crippen molar-refractivity contribution in [1.29, 1.82) is 0 Å². The third-order valence-corrected chi connectivity index (χ3v) is 3.56. The van der Waals surface area contributed by atoms with Gasteiger partial charge in [-0.25, -0.2) is 0 Å². The molecule has 0 fully saturated rings. The Hall–Kier alpha value is -1.84. The Kier molecular flexibility index (Phi) is 5.16. The first kappa shape index (κ1) is 14.6. The van der Waals surface area contributed by atoms with Crippen LogP contribution in [0.5, 0.6) is 0 Å². The minimum absolute atomic E-state index is 0.0302. The molecule has 0 atom stereocenters. The number of hydrogen-bond acceptors (Lipinski definition) is 3. The van der Waals surface area contributed by atoms with E-state index < -0.39 is 0 Å². The summed E-state index contributed by atoms with van der Waals surface area (Å²) < 4.78 is 0. The van der Waals surface area contributed by atoms with Crippen molar-refractivity contribution in [3.63, 3.8) is 0 Å². The third-order valence-electron chi connectivity index (χ3n) is 3.56. The molecule has 20 heavy (non-hydrogen) atoms. The number of carbonyl (C=O) groups excluding carboxylic acids is 2. The van der Waals surface area contributed by atoms with Crippen LogP contribution in [0.15, 0.2) is 24.3 Å². The Balaban J connectivity index is 2.06. The van der Waals surface area contributed by atoms with E-state index in [1.165, 1.54) is 0 Å². The standard InChI is InChI=1S/C16H22N2O2/c1-2-3-10-17-16(20)12-18-11-6-9-15(19)13-7-4-5-8-14(13)18/h4-5,7-8H,2-3,6,9-12H2,1H3,(H,17,20). The minimum atomic E-state index is 0.0302. The highest BCUT2D eigenvalue weighted by molar-refractivity contribution is 6.02. The van der Waals surface area contributed by atoms with Crippen molar-refractivity contribution in [3.8, 4) is 0 Å². The summed E-state index contributed by atoms with van der Waals surface area (Å²) in [4.78, 5) is 26.0. The SMILES string of the molecule is CCCCNC(=O)CN1CCCC(=O)c2ccccc21. The lowest BCUT2D eigenvalue weighted by Gasteiger charge is -2.23. The van der Waals surface area contributed by atoms with Gasteiger partial charge >= 0.3 is 0 Å². The van der Waals surface area contributed by atoms with Crippen molar-refractivity contribution in [2.45, 2.75) is 32.6 Å². The Morgan fingerprint density at radius 3 is 2.95 bits per heavy atom. The van der Waals surface area contributed by atoms with Gasteiger partial charge in [-0.3, -0.25) is 9.59 Å². The topological polar surface area (TPSA) is 49.4 Å². The molecule has 0 saturated carbocycles. The average molecular weight is 274 g/mol. The van der Waals surface area contributed by atoms with E-state index in [0.29, 0.717) is 13.0 Å². The minimum Gasteiger partial charge on any atom is -0.362 e. The van der Waals surface area contributed by atoms with Gasteiger partial charge < -0.3 is 10.2 Å². The van der Waals surface area contributed by atoms with Crippen LogP contribution < -0.4 is 10.2 Å². The molecule has 2 rings (SSSR count). The maximum atomic E-state index is 12.0. The number of nitrogens with one attached hydrogen (secondary N) is 1. The zero-order chi connectivity index (χ0) is 14.4. The molecule has 0 spiro atoms. The van der Waals surface area contributed by atoms with Gasteiger partial charge in [0.05, 0.1) is 6.54 Å². The summed E-state index contributed by atoms with van der Waals surface area (Å²) in [6.07, 6.45) is 3.43. The highest BCUT2D eigenvalue weighted by Gasteiger charge is 2.21. The Bertz CT molecular complexity index is 485. The van der Waals surface area contributed by atoms with E-state index in [2.05, 4.69) is 12.2 Å². The van der Waals surface area contributed by atoms with Gasteiger partial charge in [-0.2, -0.15) is 0 Å². The van der Waals surface area contributed by atoms with Crippen LogP contribution in [0.25, 0.3) is 0 Å². The largest absolute Gasteiger partial charge is 0.362 e. The molecule has 1 amide bonds. The van der Waals surface area contributed by atoms with Crippen molar-refractivity contribution in [2.24, 2.45) is 0 Å². The van der Waals surface area contributed by atoms with Crippen molar-refractivity contribution in [2.75, 3.05) is 24.5 Å². The summed E-state index contributed by atoms with van der Waals surface area (Å²) in [6.45, 7) is 3.91. The molecular formula is C16H22N2O2. The lowest BCUT2D eigenvalue weighted by Crippen LogP contribution is -2.38. The monoisotopic (exact) mass is 274 g/mol. The van der Waals surface area contributed by atoms with Crippen LogP contribution >= 0.6 is 0 Å². The van der Waals surface area contributed by atoms with Crippen LogP contribution in [-0.4, -0.2) is 31.3 Å². The van der Waals surface area contributed by atoms with Crippen LogP contribution in [-0.2, 0) is 4.79 Å². The predicted octanol–water partition coefficient (Wildman–Crippen LogP) is 2.39. The molecule has 4 heteroatoms. The summed E-state index contributed by atoms with van der Waals surface area (Å²) in [5.74, 6) is 0.206. The van der Waals surface area contributed by atoms with E-state index in [4.69, 9.17) is 0 Å². The van der Waals surface area contributed by atoms with E-state index in [-0.39, 0.29) is 11.7 Å². The fourth-order valence-corrected chi connectivity index (χ4v) is 2.47. The first-order chi connectivity index (χ1) is 9.72. The molecule has 1 heterocycles. The zero-order valence-electron chi connectivity index (χ0n) is 12.0. The van der Waals surface area contributed by atoms with Crippen molar-refractivity contribution < 1.29 is 9.59 Å². The number of Topliss-reactive ketones (excluding diaryl/α,β-unsaturated/α-hetero) is 1. The van der Waals surface area contributed by atoms with Crippen LogP contribution in [0.1, 0.15) is 43.0 Å². The molecule has 4 nitrogen and oxygen atoms in total. The molecule has 0 radical (unpaired) electrons. The number of unbranched alkanes of at least 4 members (excludes halogenated alkanes) is 1. The number of carbonyl (C=O) groups is 2. The maximum Gasteiger partial charge on any atom is 0.239 e. The molecular weight excluding hydrogens is 252 g/mol. The average Bonchev–Trinajstić information content (AvgIpc) is 2.60. The van der Waals surface area contributed by atoms with Crippen LogP contribution in [0.3, 0.4) is 0 Å². The molecule has 0 aliphatic carbocycles. The number of para-hydroxylation sites is 1.